The van der Waals surface area contributed by atoms with E-state index in [1.165, 1.54) is 4.57 Å². The van der Waals surface area contributed by atoms with Crippen LogP contribution >= 0.6 is 0 Å². The number of aromatic nitrogens is 3. The van der Waals surface area contributed by atoms with Crippen LogP contribution in [0.4, 0.5) is 10.2 Å². The van der Waals surface area contributed by atoms with E-state index >= 15 is 0 Å². The zero-order chi connectivity index (χ0) is 17.9. The maximum Gasteiger partial charge on any atom is 0.350 e. The van der Waals surface area contributed by atoms with E-state index in [2.05, 4.69) is 14.9 Å². The Kier molecular flexibility index (Phi) is 3.62. The number of fused-ring (bicyclic) bond motifs is 2. The summed E-state index contributed by atoms with van der Waals surface area (Å²) >= 11 is 0. The fourth-order valence-corrected chi connectivity index (χ4v) is 3.66. The second-order valence-corrected chi connectivity index (χ2v) is 6.77. The molecule has 2 atom stereocenters. The summed E-state index contributed by atoms with van der Waals surface area (Å²) in [7, 11) is 3.57. The number of pyridine rings is 1. The van der Waals surface area contributed by atoms with Crippen molar-refractivity contribution in [2.75, 3.05) is 31.6 Å². The van der Waals surface area contributed by atoms with Crippen LogP contribution < -0.4 is 10.6 Å². The highest BCUT2D eigenvalue weighted by Crippen LogP contribution is 2.34. The standard InChI is InChI=1S/C17H20FN5O2/c1-9-14(18)10-4-5-12(24)11-8-21(2)6-7-23(11)16-13(10)15(19-9)22(3)17(25)20-16/h4-5,11-12,24H,6-8H2,1-3H3/b5-4-. The van der Waals surface area contributed by atoms with Crippen molar-refractivity contribution in [3.8, 4) is 0 Å². The van der Waals surface area contributed by atoms with Crippen LogP contribution in [-0.2, 0) is 7.05 Å². The van der Waals surface area contributed by atoms with E-state index < -0.39 is 17.6 Å². The van der Waals surface area contributed by atoms with Crippen molar-refractivity contribution >= 4 is 22.9 Å². The van der Waals surface area contributed by atoms with Crippen LogP contribution in [0.1, 0.15) is 11.3 Å². The zero-order valence-electron chi connectivity index (χ0n) is 14.4. The number of nitrogens with zero attached hydrogens (tertiary/aromatic N) is 5. The Morgan fingerprint density at radius 1 is 1.28 bits per heavy atom. The highest BCUT2D eigenvalue weighted by atomic mass is 19.1. The van der Waals surface area contributed by atoms with E-state index in [0.29, 0.717) is 35.5 Å². The van der Waals surface area contributed by atoms with Crippen molar-refractivity contribution in [1.82, 2.24) is 19.4 Å². The molecule has 0 aromatic carbocycles. The first-order chi connectivity index (χ1) is 11.9. The van der Waals surface area contributed by atoms with Crippen molar-refractivity contribution in [1.29, 1.82) is 0 Å². The molecule has 4 rings (SSSR count). The van der Waals surface area contributed by atoms with Gasteiger partial charge in [0, 0.05) is 32.2 Å². The maximum atomic E-state index is 14.8. The van der Waals surface area contributed by atoms with Gasteiger partial charge in [-0.2, -0.15) is 4.98 Å². The van der Waals surface area contributed by atoms with E-state index in [4.69, 9.17) is 0 Å². The predicted octanol–water partition coefficient (Wildman–Crippen LogP) is 0.284. The smallest absolute Gasteiger partial charge is 0.350 e. The van der Waals surface area contributed by atoms with Crippen molar-refractivity contribution in [2.24, 2.45) is 7.05 Å². The molecule has 2 aromatic heterocycles. The third-order valence-electron chi connectivity index (χ3n) is 5.10. The van der Waals surface area contributed by atoms with Gasteiger partial charge in [0.1, 0.15) is 11.5 Å². The normalized spacial score (nSPS) is 24.8. The Labute approximate surface area is 144 Å². The number of halogens is 1. The number of piperazine rings is 1. The van der Waals surface area contributed by atoms with Gasteiger partial charge in [0.2, 0.25) is 0 Å². The Hall–Kier alpha value is -2.32. The number of hydrogen-bond donors (Lipinski definition) is 1. The van der Waals surface area contributed by atoms with Crippen LogP contribution in [0.5, 0.6) is 0 Å². The molecule has 25 heavy (non-hydrogen) atoms. The van der Waals surface area contributed by atoms with Gasteiger partial charge in [-0.25, -0.2) is 14.2 Å². The minimum Gasteiger partial charge on any atom is -0.387 e. The van der Waals surface area contributed by atoms with Crippen LogP contribution in [0.3, 0.4) is 0 Å². The fraction of sp³-hybridized carbons (Fsp3) is 0.471. The minimum absolute atomic E-state index is 0.212. The van der Waals surface area contributed by atoms with Gasteiger partial charge in [-0.05, 0) is 14.0 Å². The van der Waals surface area contributed by atoms with Gasteiger partial charge in [0.15, 0.2) is 5.82 Å². The Morgan fingerprint density at radius 3 is 2.80 bits per heavy atom. The summed E-state index contributed by atoms with van der Waals surface area (Å²) < 4.78 is 16.1. The average Bonchev–Trinajstić information content (AvgIpc) is 2.58. The summed E-state index contributed by atoms with van der Waals surface area (Å²) in [5, 5.41) is 11.1. The quantitative estimate of drug-likeness (QED) is 0.740. The number of rotatable bonds is 0. The monoisotopic (exact) mass is 345 g/mol. The zero-order valence-corrected chi connectivity index (χ0v) is 14.4. The van der Waals surface area contributed by atoms with Gasteiger partial charge in [-0.1, -0.05) is 12.2 Å². The van der Waals surface area contributed by atoms with Crippen LogP contribution in [0.15, 0.2) is 10.9 Å². The lowest BCUT2D eigenvalue weighted by molar-refractivity contribution is 0.141. The molecule has 2 aliphatic heterocycles. The SMILES string of the molecule is Cc1nc2c3c(nc(=O)n2C)N2CCN(C)CC2C(O)/C=C\c3c1F. The minimum atomic E-state index is -0.787. The average molecular weight is 345 g/mol. The van der Waals surface area contributed by atoms with Crippen molar-refractivity contribution in [3.63, 3.8) is 0 Å². The van der Waals surface area contributed by atoms with Gasteiger partial charge in [-0.15, -0.1) is 0 Å². The van der Waals surface area contributed by atoms with Crippen LogP contribution in [0.25, 0.3) is 17.1 Å². The highest BCUT2D eigenvalue weighted by molar-refractivity contribution is 5.96. The molecular formula is C17H20FN5O2. The molecule has 2 aliphatic rings. The first-order valence-corrected chi connectivity index (χ1v) is 8.26. The molecule has 4 heterocycles. The number of aliphatic hydroxyl groups excluding tert-OH is 1. The molecular weight excluding hydrogens is 325 g/mol. The molecule has 1 fully saturated rings. The Balaban J connectivity index is 2.11. The molecule has 0 amide bonds. The number of hydrogen-bond acceptors (Lipinski definition) is 6. The lowest BCUT2D eigenvalue weighted by Crippen LogP contribution is -2.57. The van der Waals surface area contributed by atoms with E-state index in [1.807, 2.05) is 11.9 Å². The van der Waals surface area contributed by atoms with Crippen LogP contribution in [0.2, 0.25) is 0 Å². The van der Waals surface area contributed by atoms with Gasteiger partial charge in [0.25, 0.3) is 0 Å². The molecule has 0 radical (unpaired) electrons. The van der Waals surface area contributed by atoms with Gasteiger partial charge < -0.3 is 14.9 Å². The van der Waals surface area contributed by atoms with E-state index in [1.54, 1.807) is 26.1 Å². The van der Waals surface area contributed by atoms with E-state index in [0.717, 1.165) is 6.54 Å². The number of likely N-dealkylation sites (N-methyl/N-ethyl adjacent to an activating group) is 1. The molecule has 132 valence electrons. The first kappa shape index (κ1) is 16.2. The van der Waals surface area contributed by atoms with Crippen LogP contribution in [0, 0.1) is 12.7 Å². The summed E-state index contributed by atoms with van der Waals surface area (Å²) in [4.78, 5) is 24.9. The summed E-state index contributed by atoms with van der Waals surface area (Å²) in [6, 6.07) is -0.254. The molecule has 0 saturated carbocycles. The topological polar surface area (TPSA) is 74.5 Å². The Morgan fingerprint density at radius 2 is 2.04 bits per heavy atom. The highest BCUT2D eigenvalue weighted by Gasteiger charge is 2.34. The van der Waals surface area contributed by atoms with Gasteiger partial charge in [-0.3, -0.25) is 4.57 Å². The predicted molar refractivity (Wildman–Crippen MR) is 93.1 cm³/mol. The fourth-order valence-electron chi connectivity index (χ4n) is 3.66. The van der Waals surface area contributed by atoms with Crippen molar-refractivity contribution in [3.05, 3.63) is 33.6 Å². The maximum absolute atomic E-state index is 14.8. The molecule has 8 heteroatoms. The number of aryl methyl sites for hydroxylation is 2. The lowest BCUT2D eigenvalue weighted by Gasteiger charge is -2.43. The molecule has 2 unspecified atom stereocenters. The molecule has 1 N–H and O–H groups in total. The van der Waals surface area contributed by atoms with Crippen LogP contribution in [-0.4, -0.2) is 63.4 Å². The van der Waals surface area contributed by atoms with Gasteiger partial charge in [0.05, 0.1) is 23.2 Å². The third kappa shape index (κ3) is 2.36. The second kappa shape index (κ2) is 5.60. The number of anilines is 1. The largest absolute Gasteiger partial charge is 0.387 e. The van der Waals surface area contributed by atoms with Gasteiger partial charge >= 0.3 is 5.69 Å². The van der Waals surface area contributed by atoms with Crippen molar-refractivity contribution < 1.29 is 9.50 Å². The summed E-state index contributed by atoms with van der Waals surface area (Å²) in [6.07, 6.45) is 2.41. The second-order valence-electron chi connectivity index (χ2n) is 6.77. The van der Waals surface area contributed by atoms with E-state index in [9.17, 15) is 14.3 Å². The van der Waals surface area contributed by atoms with E-state index in [-0.39, 0.29) is 11.7 Å². The summed E-state index contributed by atoms with van der Waals surface area (Å²) in [5.74, 6) is -0.0498. The molecule has 0 aliphatic carbocycles. The molecule has 0 spiro atoms. The third-order valence-corrected chi connectivity index (χ3v) is 5.10. The lowest BCUT2D eigenvalue weighted by atomic mass is 9.99. The Bertz CT molecular complexity index is 954. The molecule has 2 aromatic rings. The number of aliphatic hydroxyl groups is 1. The summed E-state index contributed by atoms with van der Waals surface area (Å²) in [5.41, 5.74) is 0.493. The molecule has 0 bridgehead atoms. The summed E-state index contributed by atoms with van der Waals surface area (Å²) in [6.45, 7) is 3.55. The molecule has 7 nitrogen and oxygen atoms in total. The first-order valence-electron chi connectivity index (χ1n) is 8.26. The molecule has 1 saturated heterocycles. The van der Waals surface area contributed by atoms with Crippen molar-refractivity contribution in [2.45, 2.75) is 19.1 Å².